The van der Waals surface area contributed by atoms with E-state index < -0.39 is 11.9 Å². The average molecular weight is 338 g/mol. The number of nitrogens with zero attached hydrogens (tertiary/aromatic N) is 1. The number of benzene rings is 1. The van der Waals surface area contributed by atoms with Gasteiger partial charge in [-0.3, -0.25) is 9.59 Å². The molecule has 1 aromatic heterocycles. The Bertz CT molecular complexity index is 694. The molecule has 20 heavy (non-hydrogen) atoms. The van der Waals surface area contributed by atoms with Crippen LogP contribution in [0.5, 0.6) is 0 Å². The van der Waals surface area contributed by atoms with E-state index in [2.05, 4.69) is 15.9 Å². The van der Waals surface area contributed by atoms with Gasteiger partial charge in [-0.1, -0.05) is 15.9 Å². The number of amides is 1. The second kappa shape index (κ2) is 4.94. The van der Waals surface area contributed by atoms with E-state index in [0.717, 1.165) is 9.86 Å². The Hall–Kier alpha value is -1.82. The molecule has 104 valence electrons. The number of aliphatic carboxylic acids is 1. The number of carbonyl (C=O) groups excluding carboxylic acids is 1. The predicted molar refractivity (Wildman–Crippen MR) is 75.6 cm³/mol. The minimum absolute atomic E-state index is 0.245. The van der Waals surface area contributed by atoms with E-state index in [1.54, 1.807) is 12.1 Å². The maximum atomic E-state index is 12.3. The lowest BCUT2D eigenvalue weighted by Crippen LogP contribution is -2.29. The van der Waals surface area contributed by atoms with E-state index in [0.29, 0.717) is 18.5 Å². The SMILES string of the molecule is O=C(O)[C@H]1CCN(C(=O)c2cc3cc(Br)ccc3o2)C1. The van der Waals surface area contributed by atoms with Crippen molar-refractivity contribution in [2.45, 2.75) is 6.42 Å². The van der Waals surface area contributed by atoms with Gasteiger partial charge in [-0.15, -0.1) is 0 Å². The lowest BCUT2D eigenvalue weighted by atomic mass is 10.1. The zero-order valence-electron chi connectivity index (χ0n) is 10.5. The van der Waals surface area contributed by atoms with Crippen molar-refractivity contribution < 1.29 is 19.1 Å². The van der Waals surface area contributed by atoms with Crippen molar-refractivity contribution in [3.8, 4) is 0 Å². The number of carboxylic acids is 1. The maximum Gasteiger partial charge on any atom is 0.308 e. The second-order valence-corrected chi connectivity index (χ2v) is 5.78. The number of hydrogen-bond acceptors (Lipinski definition) is 3. The van der Waals surface area contributed by atoms with Gasteiger partial charge >= 0.3 is 5.97 Å². The van der Waals surface area contributed by atoms with Gasteiger partial charge in [0, 0.05) is 22.9 Å². The van der Waals surface area contributed by atoms with Gasteiger partial charge in [0.15, 0.2) is 5.76 Å². The number of carbonyl (C=O) groups is 2. The molecule has 0 bridgehead atoms. The van der Waals surface area contributed by atoms with Gasteiger partial charge in [-0.25, -0.2) is 0 Å². The summed E-state index contributed by atoms with van der Waals surface area (Å²) in [5.41, 5.74) is 0.644. The molecule has 1 atom stereocenters. The molecule has 6 heteroatoms. The third-order valence-corrected chi connectivity index (χ3v) is 4.01. The molecule has 5 nitrogen and oxygen atoms in total. The van der Waals surface area contributed by atoms with Crippen molar-refractivity contribution in [2.24, 2.45) is 5.92 Å². The number of hydrogen-bond donors (Lipinski definition) is 1. The standard InChI is InChI=1S/C14H12BrNO4/c15-10-1-2-11-9(5-10)6-12(20-11)13(17)16-4-3-8(7-16)14(18)19/h1-2,5-6,8H,3-4,7H2,(H,18,19)/t8-/m0/s1. The molecule has 1 N–H and O–H groups in total. The van der Waals surface area contributed by atoms with Crippen LogP contribution in [-0.4, -0.2) is 35.0 Å². The van der Waals surface area contributed by atoms with E-state index in [-0.39, 0.29) is 18.2 Å². The Balaban J connectivity index is 1.84. The molecule has 0 unspecified atom stereocenters. The summed E-state index contributed by atoms with van der Waals surface area (Å²) in [6.45, 7) is 0.700. The van der Waals surface area contributed by atoms with Crippen molar-refractivity contribution in [1.29, 1.82) is 0 Å². The van der Waals surface area contributed by atoms with Crippen LogP contribution < -0.4 is 0 Å². The zero-order chi connectivity index (χ0) is 14.3. The topological polar surface area (TPSA) is 70.8 Å². The number of fused-ring (bicyclic) bond motifs is 1. The van der Waals surface area contributed by atoms with Gasteiger partial charge in [-0.05, 0) is 30.7 Å². The van der Waals surface area contributed by atoms with Gasteiger partial charge in [0.05, 0.1) is 5.92 Å². The molecule has 1 amide bonds. The highest BCUT2D eigenvalue weighted by molar-refractivity contribution is 9.10. The first kappa shape index (κ1) is 13.2. The van der Waals surface area contributed by atoms with Crippen LogP contribution in [-0.2, 0) is 4.79 Å². The molecule has 0 saturated carbocycles. The molecule has 1 fully saturated rings. The van der Waals surface area contributed by atoms with Crippen LogP contribution in [0, 0.1) is 5.92 Å². The minimum atomic E-state index is -0.853. The molecule has 1 aromatic carbocycles. The molecule has 2 heterocycles. The highest BCUT2D eigenvalue weighted by Gasteiger charge is 2.32. The summed E-state index contributed by atoms with van der Waals surface area (Å²) in [5, 5.41) is 9.81. The summed E-state index contributed by atoms with van der Waals surface area (Å²) >= 11 is 3.37. The fourth-order valence-electron chi connectivity index (χ4n) is 2.42. The Labute approximate surface area is 123 Å². The number of halogens is 1. The molecule has 3 rings (SSSR count). The molecule has 1 saturated heterocycles. The summed E-state index contributed by atoms with van der Waals surface area (Å²) < 4.78 is 6.45. The van der Waals surface area contributed by atoms with Gasteiger partial charge in [0.1, 0.15) is 5.58 Å². The Morgan fingerprint density at radius 2 is 2.15 bits per heavy atom. The fraction of sp³-hybridized carbons (Fsp3) is 0.286. The first-order valence-corrected chi connectivity index (χ1v) is 7.05. The molecule has 0 radical (unpaired) electrons. The van der Waals surface area contributed by atoms with Gasteiger partial charge in [0.25, 0.3) is 5.91 Å². The molecule has 1 aliphatic rings. The summed E-state index contributed by atoms with van der Waals surface area (Å²) in [6.07, 6.45) is 0.493. The summed E-state index contributed by atoms with van der Waals surface area (Å²) in [6, 6.07) is 7.20. The summed E-state index contributed by atoms with van der Waals surface area (Å²) in [5.74, 6) is -1.32. The van der Waals surface area contributed by atoms with Crippen LogP contribution in [0.3, 0.4) is 0 Å². The number of furan rings is 1. The van der Waals surface area contributed by atoms with Crippen LogP contribution in [0.2, 0.25) is 0 Å². The van der Waals surface area contributed by atoms with Crippen LogP contribution in [0.4, 0.5) is 0 Å². The van der Waals surface area contributed by atoms with Crippen molar-refractivity contribution in [2.75, 3.05) is 13.1 Å². The zero-order valence-corrected chi connectivity index (χ0v) is 12.1. The Morgan fingerprint density at radius 3 is 2.85 bits per heavy atom. The van der Waals surface area contributed by atoms with E-state index in [4.69, 9.17) is 9.52 Å². The van der Waals surface area contributed by atoms with Crippen molar-refractivity contribution >= 4 is 38.8 Å². The van der Waals surface area contributed by atoms with Crippen LogP contribution in [0.1, 0.15) is 17.0 Å². The first-order chi connectivity index (χ1) is 9.54. The molecule has 0 spiro atoms. The normalized spacial score (nSPS) is 18.6. The van der Waals surface area contributed by atoms with Gasteiger partial charge in [0.2, 0.25) is 0 Å². The van der Waals surface area contributed by atoms with E-state index in [1.165, 1.54) is 4.90 Å². The van der Waals surface area contributed by atoms with E-state index >= 15 is 0 Å². The van der Waals surface area contributed by atoms with Crippen LogP contribution in [0.25, 0.3) is 11.0 Å². The number of likely N-dealkylation sites (tertiary alicyclic amines) is 1. The minimum Gasteiger partial charge on any atom is -0.481 e. The fourth-order valence-corrected chi connectivity index (χ4v) is 2.80. The van der Waals surface area contributed by atoms with Gasteiger partial charge in [-0.2, -0.15) is 0 Å². The van der Waals surface area contributed by atoms with E-state index in [1.807, 2.05) is 12.1 Å². The highest BCUT2D eigenvalue weighted by Crippen LogP contribution is 2.25. The average Bonchev–Trinajstić information content (AvgIpc) is 3.03. The number of carboxylic acid groups (broad SMARTS) is 1. The van der Waals surface area contributed by atoms with Gasteiger partial charge < -0.3 is 14.4 Å². The van der Waals surface area contributed by atoms with Crippen LogP contribution >= 0.6 is 15.9 Å². The summed E-state index contributed by atoms with van der Waals surface area (Å²) in [4.78, 5) is 24.7. The predicted octanol–water partition coefficient (Wildman–Crippen LogP) is 2.74. The van der Waals surface area contributed by atoms with Crippen LogP contribution in [0.15, 0.2) is 33.2 Å². The third-order valence-electron chi connectivity index (χ3n) is 3.51. The largest absolute Gasteiger partial charge is 0.481 e. The quantitative estimate of drug-likeness (QED) is 0.914. The lowest BCUT2D eigenvalue weighted by Gasteiger charge is -2.13. The van der Waals surface area contributed by atoms with Crippen molar-refractivity contribution in [3.63, 3.8) is 0 Å². The molecule has 2 aromatic rings. The Morgan fingerprint density at radius 1 is 1.35 bits per heavy atom. The Kier molecular flexibility index (Phi) is 3.25. The molecular weight excluding hydrogens is 326 g/mol. The maximum absolute atomic E-state index is 12.3. The smallest absolute Gasteiger partial charge is 0.308 e. The van der Waals surface area contributed by atoms with Crippen molar-refractivity contribution in [1.82, 2.24) is 4.90 Å². The third kappa shape index (κ3) is 2.31. The molecule has 1 aliphatic heterocycles. The molecular formula is C14H12BrNO4. The second-order valence-electron chi connectivity index (χ2n) is 4.87. The first-order valence-electron chi connectivity index (χ1n) is 6.26. The monoisotopic (exact) mass is 337 g/mol. The summed E-state index contributed by atoms with van der Waals surface area (Å²) in [7, 11) is 0. The van der Waals surface area contributed by atoms with E-state index in [9.17, 15) is 9.59 Å². The highest BCUT2D eigenvalue weighted by atomic mass is 79.9. The lowest BCUT2D eigenvalue weighted by molar-refractivity contribution is -0.141. The molecule has 0 aliphatic carbocycles. The number of rotatable bonds is 2. The van der Waals surface area contributed by atoms with Crippen molar-refractivity contribution in [3.05, 3.63) is 34.5 Å².